The second kappa shape index (κ2) is 11.5. The van der Waals surface area contributed by atoms with Gasteiger partial charge in [0.15, 0.2) is 5.17 Å². The fourth-order valence-electron chi connectivity index (χ4n) is 3.83. The first-order valence-corrected chi connectivity index (χ1v) is 10.9. The molecular weight excluding hydrogens is 382 g/mol. The molecule has 27 heavy (non-hydrogen) atoms. The lowest BCUT2D eigenvalue weighted by atomic mass is 9.95. The molecule has 5 nitrogen and oxygen atoms in total. The van der Waals surface area contributed by atoms with Crippen molar-refractivity contribution in [2.75, 3.05) is 0 Å². The summed E-state index contributed by atoms with van der Waals surface area (Å²) in [5.41, 5.74) is 1.14. The number of hydrogen-bond acceptors (Lipinski definition) is 4. The minimum Gasteiger partial charge on any atom is -0.362 e. The van der Waals surface area contributed by atoms with E-state index in [4.69, 9.17) is 4.99 Å². The molecule has 0 amide bonds. The van der Waals surface area contributed by atoms with Gasteiger partial charge in [-0.3, -0.25) is 15.1 Å². The van der Waals surface area contributed by atoms with E-state index in [9.17, 15) is 10.1 Å². The molecule has 2 fully saturated rings. The molecule has 2 aliphatic rings. The molecule has 1 aromatic carbocycles. The van der Waals surface area contributed by atoms with E-state index in [0.29, 0.717) is 17.8 Å². The van der Waals surface area contributed by atoms with Crippen LogP contribution in [0.4, 0.5) is 5.69 Å². The maximum Gasteiger partial charge on any atom is 0.269 e. The van der Waals surface area contributed by atoms with Crippen molar-refractivity contribution in [2.45, 2.75) is 82.0 Å². The summed E-state index contributed by atoms with van der Waals surface area (Å²) in [5, 5.41) is 15.7. The van der Waals surface area contributed by atoms with E-state index in [1.54, 1.807) is 30.0 Å². The number of nitrogens with zero attached hydrogens (tertiary/aromatic N) is 2. The highest BCUT2D eigenvalue weighted by Crippen LogP contribution is 2.25. The second-order valence-electron chi connectivity index (χ2n) is 7.42. The van der Waals surface area contributed by atoms with Crippen LogP contribution in [0.5, 0.6) is 0 Å². The molecule has 7 heteroatoms. The average Bonchev–Trinajstić information content (AvgIpc) is 2.68. The van der Waals surface area contributed by atoms with E-state index in [-0.39, 0.29) is 23.0 Å². The number of nitrogens with one attached hydrogen (secondary N) is 1. The zero-order valence-electron chi connectivity index (χ0n) is 15.8. The fraction of sp³-hybridized carbons (Fsp3) is 0.650. The molecule has 150 valence electrons. The molecule has 2 aliphatic carbocycles. The number of halogens is 1. The third-order valence-corrected chi connectivity index (χ3v) is 6.28. The molecule has 0 bridgehead atoms. The summed E-state index contributed by atoms with van der Waals surface area (Å²) in [6.45, 7) is 0. The quantitative estimate of drug-likeness (QED) is 0.285. The summed E-state index contributed by atoms with van der Waals surface area (Å²) >= 11 is 1.70. The zero-order valence-corrected chi connectivity index (χ0v) is 17.4. The first-order chi connectivity index (χ1) is 12.7. The van der Waals surface area contributed by atoms with Crippen LogP contribution < -0.4 is 5.32 Å². The van der Waals surface area contributed by atoms with Crippen molar-refractivity contribution in [3.8, 4) is 0 Å². The van der Waals surface area contributed by atoms with Gasteiger partial charge >= 0.3 is 0 Å². The number of benzene rings is 1. The maximum absolute atomic E-state index is 11.0. The van der Waals surface area contributed by atoms with E-state index in [0.717, 1.165) is 10.7 Å². The first-order valence-electron chi connectivity index (χ1n) is 9.91. The number of hydrogen-bond donors (Lipinski definition) is 1. The topological polar surface area (TPSA) is 67.5 Å². The van der Waals surface area contributed by atoms with Gasteiger partial charge in [-0.2, -0.15) is 0 Å². The number of nitro benzene ring substituents is 1. The predicted molar refractivity (Wildman–Crippen MR) is 116 cm³/mol. The summed E-state index contributed by atoms with van der Waals surface area (Å²) < 4.78 is 0. The molecule has 0 unspecified atom stereocenters. The number of non-ortho nitro benzene ring substituents is 1. The van der Waals surface area contributed by atoms with Crippen LogP contribution in [-0.4, -0.2) is 22.2 Å². The number of aliphatic imine (C=N–C) groups is 1. The number of amidine groups is 1. The van der Waals surface area contributed by atoms with Gasteiger partial charge in [-0.1, -0.05) is 62.4 Å². The Bertz CT molecular complexity index is 629. The van der Waals surface area contributed by atoms with Crippen molar-refractivity contribution in [3.63, 3.8) is 0 Å². The predicted octanol–water partition coefficient (Wildman–Crippen LogP) is 5.86. The van der Waals surface area contributed by atoms with Crippen LogP contribution >= 0.6 is 24.2 Å². The van der Waals surface area contributed by atoms with Crippen LogP contribution in [0.2, 0.25) is 0 Å². The van der Waals surface area contributed by atoms with Gasteiger partial charge in [0.1, 0.15) is 0 Å². The number of nitro groups is 1. The Hall–Kier alpha value is -1.27. The van der Waals surface area contributed by atoms with E-state index < -0.39 is 0 Å². The SMILES string of the molecule is Cl.O=[N+]([O-])c1cccc(CSC(=NC2CCCCC2)NC2CCCCC2)c1. The van der Waals surface area contributed by atoms with Gasteiger partial charge in [0.25, 0.3) is 5.69 Å². The van der Waals surface area contributed by atoms with Crippen LogP contribution in [-0.2, 0) is 5.75 Å². The Labute approximate surface area is 172 Å². The van der Waals surface area contributed by atoms with Gasteiger partial charge in [-0.15, -0.1) is 12.4 Å². The van der Waals surface area contributed by atoms with Crippen LogP contribution in [0.3, 0.4) is 0 Å². The summed E-state index contributed by atoms with van der Waals surface area (Å²) in [4.78, 5) is 15.7. The van der Waals surface area contributed by atoms with E-state index >= 15 is 0 Å². The van der Waals surface area contributed by atoms with Gasteiger partial charge in [-0.05, 0) is 31.2 Å². The summed E-state index contributed by atoms with van der Waals surface area (Å²) in [7, 11) is 0. The monoisotopic (exact) mass is 411 g/mol. The molecule has 0 spiro atoms. The Balaban J connectivity index is 0.00000261. The van der Waals surface area contributed by atoms with Crippen molar-refractivity contribution in [2.24, 2.45) is 4.99 Å². The van der Waals surface area contributed by atoms with Crippen LogP contribution in [0, 0.1) is 10.1 Å². The van der Waals surface area contributed by atoms with Crippen molar-refractivity contribution in [1.29, 1.82) is 0 Å². The molecule has 0 radical (unpaired) electrons. The Morgan fingerprint density at radius 3 is 2.44 bits per heavy atom. The van der Waals surface area contributed by atoms with E-state index in [1.807, 2.05) is 6.07 Å². The first kappa shape index (κ1) is 22.0. The van der Waals surface area contributed by atoms with Crippen molar-refractivity contribution >= 4 is 35.0 Å². The molecule has 0 aromatic heterocycles. The Morgan fingerprint density at radius 2 is 1.78 bits per heavy atom. The number of thioether (sulfide) groups is 1. The molecule has 1 aromatic rings. The third kappa shape index (κ3) is 7.34. The normalized spacial score (nSPS) is 19.3. The molecule has 0 atom stereocenters. The molecule has 0 aliphatic heterocycles. The summed E-state index contributed by atoms with van der Waals surface area (Å²) in [5.74, 6) is 0.715. The van der Waals surface area contributed by atoms with Gasteiger partial charge in [0.2, 0.25) is 0 Å². The smallest absolute Gasteiger partial charge is 0.269 e. The highest BCUT2D eigenvalue weighted by atomic mass is 35.5. The largest absolute Gasteiger partial charge is 0.362 e. The fourth-order valence-corrected chi connectivity index (χ4v) is 4.78. The number of rotatable bonds is 5. The summed E-state index contributed by atoms with van der Waals surface area (Å²) in [6, 6.07) is 7.91. The highest BCUT2D eigenvalue weighted by molar-refractivity contribution is 8.13. The lowest BCUT2D eigenvalue weighted by Crippen LogP contribution is -2.35. The van der Waals surface area contributed by atoms with Crippen molar-refractivity contribution in [3.05, 3.63) is 39.9 Å². The molecule has 0 saturated heterocycles. The second-order valence-corrected chi connectivity index (χ2v) is 8.39. The highest BCUT2D eigenvalue weighted by Gasteiger charge is 2.18. The van der Waals surface area contributed by atoms with Gasteiger partial charge in [0, 0.05) is 23.9 Å². The molecule has 0 heterocycles. The lowest BCUT2D eigenvalue weighted by molar-refractivity contribution is -0.384. The Kier molecular flexibility index (Phi) is 9.42. The molecule has 3 rings (SSSR count). The van der Waals surface area contributed by atoms with Crippen LogP contribution in [0.1, 0.15) is 69.8 Å². The van der Waals surface area contributed by atoms with E-state index in [1.165, 1.54) is 64.2 Å². The molecule has 1 N–H and O–H groups in total. The maximum atomic E-state index is 11.0. The summed E-state index contributed by atoms with van der Waals surface area (Å²) in [6.07, 6.45) is 12.6. The molecular formula is C20H30ClN3O2S. The average molecular weight is 412 g/mol. The van der Waals surface area contributed by atoms with Gasteiger partial charge < -0.3 is 5.32 Å². The van der Waals surface area contributed by atoms with E-state index in [2.05, 4.69) is 5.32 Å². The van der Waals surface area contributed by atoms with Crippen molar-refractivity contribution < 1.29 is 4.92 Å². The van der Waals surface area contributed by atoms with Crippen LogP contribution in [0.15, 0.2) is 29.3 Å². The van der Waals surface area contributed by atoms with Gasteiger partial charge in [-0.25, -0.2) is 0 Å². The standard InChI is InChI=1S/C20H29N3O2S.ClH/c24-23(25)19-13-7-8-16(14-19)15-26-20(21-17-9-3-1-4-10-17)22-18-11-5-2-6-12-18;/h7-8,13-14,17-18H,1-6,9-12,15H2,(H,21,22);1H. The lowest BCUT2D eigenvalue weighted by Gasteiger charge is -2.26. The zero-order chi connectivity index (χ0) is 18.2. The van der Waals surface area contributed by atoms with Gasteiger partial charge in [0.05, 0.1) is 11.0 Å². The minimum absolute atomic E-state index is 0. The molecule has 2 saturated carbocycles. The Morgan fingerprint density at radius 1 is 1.11 bits per heavy atom. The minimum atomic E-state index is -0.328. The van der Waals surface area contributed by atoms with Crippen molar-refractivity contribution in [1.82, 2.24) is 5.32 Å². The van der Waals surface area contributed by atoms with Crippen LogP contribution in [0.25, 0.3) is 0 Å². The third-order valence-electron chi connectivity index (χ3n) is 5.30.